The van der Waals surface area contributed by atoms with Crippen LogP contribution in [0.25, 0.3) is 11.0 Å². The number of carbonyl (C=O) groups excluding carboxylic acids is 1. The van der Waals surface area contributed by atoms with Crippen molar-refractivity contribution in [1.29, 1.82) is 0 Å². The minimum atomic E-state index is -0.00594. The standard InChI is InChI=1S/C25H22ClN3O2/c1-31-20-9-6-8-19(14-20)28-16-18(13-24(28)30)25-27-22-11-4-5-12-23(22)29(25)15-17-7-2-3-10-21(17)26/h2-12,14,18H,13,15-16H2,1H3/t18-/m0/s1. The smallest absolute Gasteiger partial charge is 0.227 e. The van der Waals surface area contributed by atoms with E-state index in [-0.39, 0.29) is 11.8 Å². The first-order valence-corrected chi connectivity index (χ1v) is 10.6. The van der Waals surface area contributed by atoms with Crippen LogP contribution in [0.5, 0.6) is 5.75 Å². The molecule has 6 heteroatoms. The number of hydrogen-bond donors (Lipinski definition) is 0. The average molecular weight is 432 g/mol. The van der Waals surface area contributed by atoms with Gasteiger partial charge in [0.05, 0.1) is 24.7 Å². The van der Waals surface area contributed by atoms with Crippen molar-refractivity contribution >= 4 is 34.2 Å². The number of hydrogen-bond acceptors (Lipinski definition) is 3. The number of methoxy groups -OCH3 is 1. The zero-order valence-electron chi connectivity index (χ0n) is 17.2. The summed E-state index contributed by atoms with van der Waals surface area (Å²) in [5, 5.41) is 0.728. The van der Waals surface area contributed by atoms with Crippen molar-refractivity contribution in [3.63, 3.8) is 0 Å². The number of nitrogens with zero attached hydrogens (tertiary/aromatic N) is 3. The van der Waals surface area contributed by atoms with Gasteiger partial charge in [0.15, 0.2) is 0 Å². The zero-order valence-corrected chi connectivity index (χ0v) is 17.9. The Hall–Kier alpha value is -3.31. The molecule has 0 saturated carbocycles. The van der Waals surface area contributed by atoms with Crippen LogP contribution in [0.2, 0.25) is 5.02 Å². The maximum Gasteiger partial charge on any atom is 0.227 e. The fourth-order valence-electron chi connectivity index (χ4n) is 4.28. The summed E-state index contributed by atoms with van der Waals surface area (Å²) >= 11 is 6.45. The quantitative estimate of drug-likeness (QED) is 0.432. The second kappa shape index (κ2) is 8.08. The number of carbonyl (C=O) groups is 1. The van der Waals surface area contributed by atoms with Gasteiger partial charge in [0.1, 0.15) is 11.6 Å². The molecule has 5 rings (SSSR count). The molecule has 1 saturated heterocycles. The highest BCUT2D eigenvalue weighted by Gasteiger charge is 2.35. The predicted molar refractivity (Wildman–Crippen MR) is 123 cm³/mol. The van der Waals surface area contributed by atoms with E-state index in [1.165, 1.54) is 0 Å². The van der Waals surface area contributed by atoms with Gasteiger partial charge in [-0.05, 0) is 35.9 Å². The summed E-state index contributed by atoms with van der Waals surface area (Å²) in [4.78, 5) is 19.7. The van der Waals surface area contributed by atoms with Crippen LogP contribution in [0.3, 0.4) is 0 Å². The summed E-state index contributed by atoms with van der Waals surface area (Å²) in [6.45, 7) is 1.19. The summed E-state index contributed by atoms with van der Waals surface area (Å²) in [6.07, 6.45) is 0.420. The van der Waals surface area contributed by atoms with Gasteiger partial charge >= 0.3 is 0 Å². The molecule has 1 fully saturated rings. The third-order valence-electron chi connectivity index (χ3n) is 5.83. The first kappa shape index (κ1) is 19.6. The van der Waals surface area contributed by atoms with E-state index < -0.39 is 0 Å². The lowest BCUT2D eigenvalue weighted by atomic mass is 10.1. The highest BCUT2D eigenvalue weighted by atomic mass is 35.5. The van der Waals surface area contributed by atoms with Gasteiger partial charge in [-0.15, -0.1) is 0 Å². The third-order valence-corrected chi connectivity index (χ3v) is 6.19. The van der Waals surface area contributed by atoms with Crippen LogP contribution in [-0.2, 0) is 11.3 Å². The minimum absolute atomic E-state index is 0.00594. The van der Waals surface area contributed by atoms with E-state index in [0.717, 1.165) is 38.9 Å². The van der Waals surface area contributed by atoms with Gasteiger partial charge in [-0.1, -0.05) is 48.0 Å². The molecule has 1 aliphatic heterocycles. The SMILES string of the molecule is COc1cccc(N2C[C@@H](c3nc4ccccc4n3Cc3ccccc3Cl)CC2=O)c1. The van der Waals surface area contributed by atoms with E-state index in [1.807, 2.05) is 71.6 Å². The van der Waals surface area contributed by atoms with Gasteiger partial charge < -0.3 is 14.2 Å². The first-order chi connectivity index (χ1) is 15.1. The highest BCUT2D eigenvalue weighted by Crippen LogP contribution is 2.35. The van der Waals surface area contributed by atoms with Gasteiger partial charge in [-0.2, -0.15) is 0 Å². The Morgan fingerprint density at radius 2 is 1.87 bits per heavy atom. The van der Waals surface area contributed by atoms with E-state index in [9.17, 15) is 4.79 Å². The molecule has 3 aromatic carbocycles. The van der Waals surface area contributed by atoms with Crippen molar-refractivity contribution in [2.24, 2.45) is 0 Å². The van der Waals surface area contributed by atoms with Gasteiger partial charge in [-0.3, -0.25) is 4.79 Å². The number of fused-ring (bicyclic) bond motifs is 1. The Morgan fingerprint density at radius 3 is 2.71 bits per heavy atom. The molecule has 0 N–H and O–H groups in total. The number of aromatic nitrogens is 2. The van der Waals surface area contributed by atoms with Crippen LogP contribution in [-0.4, -0.2) is 29.1 Å². The van der Waals surface area contributed by atoms with Crippen molar-refractivity contribution < 1.29 is 9.53 Å². The van der Waals surface area contributed by atoms with Crippen molar-refractivity contribution in [2.75, 3.05) is 18.6 Å². The fourth-order valence-corrected chi connectivity index (χ4v) is 4.47. The van der Waals surface area contributed by atoms with Gasteiger partial charge in [-0.25, -0.2) is 4.98 Å². The highest BCUT2D eigenvalue weighted by molar-refractivity contribution is 6.31. The number of halogens is 1. The number of benzene rings is 3. The predicted octanol–water partition coefficient (Wildman–Crippen LogP) is 5.27. The number of rotatable bonds is 5. The van der Waals surface area contributed by atoms with Crippen molar-refractivity contribution in [1.82, 2.24) is 9.55 Å². The van der Waals surface area contributed by atoms with Crippen LogP contribution in [0.1, 0.15) is 23.7 Å². The van der Waals surface area contributed by atoms with E-state index in [2.05, 4.69) is 10.6 Å². The van der Waals surface area contributed by atoms with E-state index in [4.69, 9.17) is 21.3 Å². The molecule has 2 heterocycles. The Kier molecular flexibility index (Phi) is 5.12. The van der Waals surface area contributed by atoms with Crippen LogP contribution >= 0.6 is 11.6 Å². The number of anilines is 1. The third kappa shape index (κ3) is 3.66. The van der Waals surface area contributed by atoms with Crippen LogP contribution in [0.15, 0.2) is 72.8 Å². The zero-order chi connectivity index (χ0) is 21.4. The number of imidazole rings is 1. The van der Waals surface area contributed by atoms with Crippen molar-refractivity contribution in [3.8, 4) is 5.75 Å². The molecule has 1 aromatic heterocycles. The van der Waals surface area contributed by atoms with Crippen molar-refractivity contribution in [2.45, 2.75) is 18.9 Å². The normalized spacial score (nSPS) is 16.3. The molecule has 0 unspecified atom stereocenters. The summed E-state index contributed by atoms with van der Waals surface area (Å²) in [6, 6.07) is 23.6. The molecule has 0 bridgehead atoms. The molecular weight excluding hydrogens is 410 g/mol. The van der Waals surface area contributed by atoms with E-state index in [1.54, 1.807) is 7.11 Å². The lowest BCUT2D eigenvalue weighted by molar-refractivity contribution is -0.117. The molecule has 1 amide bonds. The van der Waals surface area contributed by atoms with E-state index >= 15 is 0 Å². The molecule has 1 aliphatic rings. The molecule has 1 atom stereocenters. The average Bonchev–Trinajstić information content (AvgIpc) is 3.36. The topological polar surface area (TPSA) is 47.4 Å². The Bertz CT molecular complexity index is 1270. The lowest BCUT2D eigenvalue weighted by Crippen LogP contribution is -2.24. The Morgan fingerprint density at radius 1 is 1.06 bits per heavy atom. The molecule has 0 radical (unpaired) electrons. The Labute approximate surface area is 185 Å². The largest absolute Gasteiger partial charge is 0.497 e. The molecule has 156 valence electrons. The Balaban J connectivity index is 1.53. The van der Waals surface area contributed by atoms with Gasteiger partial charge in [0.25, 0.3) is 0 Å². The second-order valence-electron chi connectivity index (χ2n) is 7.74. The maximum absolute atomic E-state index is 12.9. The summed E-state index contributed by atoms with van der Waals surface area (Å²) in [5.74, 6) is 1.74. The number of para-hydroxylation sites is 2. The van der Waals surface area contributed by atoms with Crippen LogP contribution in [0.4, 0.5) is 5.69 Å². The number of ether oxygens (including phenoxy) is 1. The van der Waals surface area contributed by atoms with Crippen molar-refractivity contribution in [3.05, 3.63) is 89.2 Å². The molecule has 0 spiro atoms. The van der Waals surface area contributed by atoms with Crippen LogP contribution < -0.4 is 9.64 Å². The minimum Gasteiger partial charge on any atom is -0.497 e. The van der Waals surface area contributed by atoms with Crippen LogP contribution in [0, 0.1) is 0 Å². The molecule has 4 aromatic rings. The van der Waals surface area contributed by atoms with Gasteiger partial charge in [0, 0.05) is 35.7 Å². The monoisotopic (exact) mass is 431 g/mol. The maximum atomic E-state index is 12.9. The number of amides is 1. The molecular formula is C25H22ClN3O2. The molecule has 0 aliphatic carbocycles. The fraction of sp³-hybridized carbons (Fsp3) is 0.200. The molecule has 5 nitrogen and oxygen atoms in total. The summed E-state index contributed by atoms with van der Waals surface area (Å²) < 4.78 is 7.53. The lowest BCUT2D eigenvalue weighted by Gasteiger charge is -2.18. The second-order valence-corrected chi connectivity index (χ2v) is 8.15. The van der Waals surface area contributed by atoms with Gasteiger partial charge in [0.2, 0.25) is 5.91 Å². The first-order valence-electron chi connectivity index (χ1n) is 10.3. The summed E-state index contributed by atoms with van der Waals surface area (Å²) in [5.41, 5.74) is 3.85. The summed E-state index contributed by atoms with van der Waals surface area (Å²) in [7, 11) is 1.63. The van der Waals surface area contributed by atoms with E-state index in [0.29, 0.717) is 19.5 Å². The molecule has 31 heavy (non-hydrogen) atoms.